The molecule has 3 heterocycles. The molecule has 0 saturated carbocycles. The SMILES string of the molecule is CCCc1nc2c(-c3nnc[nH]3)cc(N3CCOCC3)cc2n1-c1cccc2c(F)cccc12. The second-order valence-corrected chi connectivity index (χ2v) is 8.52. The first-order chi connectivity index (χ1) is 16.7. The number of morpholine rings is 1. The van der Waals surface area contributed by atoms with E-state index >= 15 is 0 Å². The van der Waals surface area contributed by atoms with E-state index in [-0.39, 0.29) is 5.82 Å². The van der Waals surface area contributed by atoms with Crippen molar-refractivity contribution in [3.63, 3.8) is 0 Å². The summed E-state index contributed by atoms with van der Waals surface area (Å²) in [6.07, 6.45) is 3.32. The second kappa shape index (κ2) is 8.53. The Bertz CT molecular complexity index is 1470. The molecule has 0 bridgehead atoms. The van der Waals surface area contributed by atoms with Crippen molar-refractivity contribution in [2.75, 3.05) is 31.2 Å². The van der Waals surface area contributed by atoms with Gasteiger partial charge in [0.05, 0.1) is 24.4 Å². The lowest BCUT2D eigenvalue weighted by atomic mass is 10.1. The van der Waals surface area contributed by atoms with E-state index in [4.69, 9.17) is 9.72 Å². The number of aromatic amines is 1. The van der Waals surface area contributed by atoms with Gasteiger partial charge >= 0.3 is 0 Å². The van der Waals surface area contributed by atoms with Crippen LogP contribution in [0.3, 0.4) is 0 Å². The third kappa shape index (κ3) is 3.42. The minimum atomic E-state index is -0.225. The number of imidazole rings is 1. The van der Waals surface area contributed by atoms with Crippen molar-refractivity contribution < 1.29 is 9.13 Å². The first-order valence-corrected chi connectivity index (χ1v) is 11.7. The molecular weight excluding hydrogens is 431 g/mol. The number of rotatable bonds is 5. The van der Waals surface area contributed by atoms with Gasteiger partial charge in [0.15, 0.2) is 5.82 Å². The zero-order chi connectivity index (χ0) is 23.1. The zero-order valence-corrected chi connectivity index (χ0v) is 19.0. The van der Waals surface area contributed by atoms with Crippen molar-refractivity contribution in [3.05, 3.63) is 66.5 Å². The molecule has 0 radical (unpaired) electrons. The van der Waals surface area contributed by atoms with Crippen LogP contribution in [0, 0.1) is 5.82 Å². The number of H-pyrrole nitrogens is 1. The van der Waals surface area contributed by atoms with Gasteiger partial charge in [-0.05, 0) is 30.7 Å². The highest BCUT2D eigenvalue weighted by atomic mass is 19.1. The van der Waals surface area contributed by atoms with Crippen LogP contribution in [0.15, 0.2) is 54.9 Å². The molecule has 7 nitrogen and oxygen atoms in total. The van der Waals surface area contributed by atoms with E-state index in [0.717, 1.165) is 65.1 Å². The van der Waals surface area contributed by atoms with Crippen LogP contribution in [-0.4, -0.2) is 51.0 Å². The van der Waals surface area contributed by atoms with Crippen LogP contribution in [0.4, 0.5) is 10.1 Å². The normalized spacial score (nSPS) is 14.4. The van der Waals surface area contributed by atoms with E-state index in [0.29, 0.717) is 24.4 Å². The molecular formula is C26H25FN6O. The summed E-state index contributed by atoms with van der Waals surface area (Å²) < 4.78 is 22.4. The molecule has 1 saturated heterocycles. The Kier molecular flexibility index (Phi) is 5.22. The fraction of sp³-hybridized carbons (Fsp3) is 0.269. The average molecular weight is 457 g/mol. The van der Waals surface area contributed by atoms with Crippen LogP contribution in [0.1, 0.15) is 19.2 Å². The predicted molar refractivity (Wildman–Crippen MR) is 131 cm³/mol. The van der Waals surface area contributed by atoms with E-state index in [9.17, 15) is 4.39 Å². The van der Waals surface area contributed by atoms with E-state index in [2.05, 4.69) is 43.7 Å². The maximum absolute atomic E-state index is 14.7. The van der Waals surface area contributed by atoms with Gasteiger partial charge in [-0.2, -0.15) is 0 Å². The van der Waals surface area contributed by atoms with Crippen LogP contribution in [0.5, 0.6) is 0 Å². The fourth-order valence-corrected chi connectivity index (χ4v) is 4.84. The first-order valence-electron chi connectivity index (χ1n) is 11.7. The number of aromatic nitrogens is 5. The van der Waals surface area contributed by atoms with Crippen molar-refractivity contribution in [2.45, 2.75) is 19.8 Å². The molecule has 34 heavy (non-hydrogen) atoms. The van der Waals surface area contributed by atoms with Crippen molar-refractivity contribution in [1.82, 2.24) is 24.7 Å². The largest absolute Gasteiger partial charge is 0.378 e. The molecule has 0 atom stereocenters. The van der Waals surface area contributed by atoms with E-state index in [1.807, 2.05) is 24.3 Å². The second-order valence-electron chi connectivity index (χ2n) is 8.52. The Morgan fingerprint density at radius 2 is 1.88 bits per heavy atom. The molecule has 1 N–H and O–H groups in total. The monoisotopic (exact) mass is 456 g/mol. The smallest absolute Gasteiger partial charge is 0.163 e. The molecule has 0 spiro atoms. The number of hydrogen-bond donors (Lipinski definition) is 1. The van der Waals surface area contributed by atoms with E-state index in [1.165, 1.54) is 6.07 Å². The van der Waals surface area contributed by atoms with Gasteiger partial charge in [0, 0.05) is 41.5 Å². The first kappa shape index (κ1) is 20.8. The Morgan fingerprint density at radius 1 is 1.06 bits per heavy atom. The van der Waals surface area contributed by atoms with Gasteiger partial charge in [0.1, 0.15) is 23.5 Å². The highest BCUT2D eigenvalue weighted by Crippen LogP contribution is 2.36. The number of nitrogens with one attached hydrogen (secondary N) is 1. The molecule has 8 heteroatoms. The van der Waals surface area contributed by atoms with Gasteiger partial charge in [-0.25, -0.2) is 9.37 Å². The maximum atomic E-state index is 14.7. The summed E-state index contributed by atoms with van der Waals surface area (Å²) >= 11 is 0. The van der Waals surface area contributed by atoms with Crippen LogP contribution in [0.25, 0.3) is 38.9 Å². The highest BCUT2D eigenvalue weighted by Gasteiger charge is 2.22. The summed E-state index contributed by atoms with van der Waals surface area (Å²) in [4.78, 5) is 10.6. The van der Waals surface area contributed by atoms with Crippen LogP contribution in [0.2, 0.25) is 0 Å². The number of nitrogens with zero attached hydrogens (tertiary/aromatic N) is 5. The average Bonchev–Trinajstić information content (AvgIpc) is 3.53. The van der Waals surface area contributed by atoms with Crippen molar-refractivity contribution >= 4 is 27.5 Å². The molecule has 0 unspecified atom stereocenters. The lowest BCUT2D eigenvalue weighted by molar-refractivity contribution is 0.122. The maximum Gasteiger partial charge on any atom is 0.163 e. The van der Waals surface area contributed by atoms with E-state index in [1.54, 1.807) is 12.4 Å². The molecule has 3 aromatic carbocycles. The fourth-order valence-electron chi connectivity index (χ4n) is 4.84. The number of hydrogen-bond acceptors (Lipinski definition) is 5. The molecule has 0 amide bonds. The topological polar surface area (TPSA) is 71.9 Å². The number of anilines is 1. The van der Waals surface area contributed by atoms with Crippen molar-refractivity contribution in [3.8, 4) is 17.1 Å². The number of benzene rings is 3. The molecule has 1 fully saturated rings. The van der Waals surface area contributed by atoms with Gasteiger partial charge in [-0.3, -0.25) is 4.57 Å². The van der Waals surface area contributed by atoms with Gasteiger partial charge in [0.2, 0.25) is 0 Å². The van der Waals surface area contributed by atoms with Gasteiger partial charge in [-0.15, -0.1) is 10.2 Å². The highest BCUT2D eigenvalue weighted by molar-refractivity contribution is 5.98. The number of fused-ring (bicyclic) bond motifs is 2. The summed E-state index contributed by atoms with van der Waals surface area (Å²) in [5.74, 6) is 1.39. The summed E-state index contributed by atoms with van der Waals surface area (Å²) in [6.45, 7) is 5.16. The number of halogens is 1. The lowest BCUT2D eigenvalue weighted by Gasteiger charge is -2.29. The minimum absolute atomic E-state index is 0.225. The Labute approximate surface area is 196 Å². The zero-order valence-electron chi connectivity index (χ0n) is 19.0. The summed E-state index contributed by atoms with van der Waals surface area (Å²) in [5.41, 5.74) is 4.73. The van der Waals surface area contributed by atoms with Crippen LogP contribution < -0.4 is 4.90 Å². The molecule has 1 aliphatic rings. The van der Waals surface area contributed by atoms with Crippen molar-refractivity contribution in [2.24, 2.45) is 0 Å². The summed E-state index contributed by atoms with van der Waals surface area (Å²) in [5, 5.41) is 9.76. The standard InChI is InChI=1S/C26H25FN6O/c1-2-5-24-30-25-20(26-28-16-29-31-26)14-17(32-10-12-34-13-11-32)15-23(25)33(24)22-9-4-6-18-19(22)7-3-8-21(18)27/h3-4,6-9,14-16H,2,5,10-13H2,1H3,(H,28,29,31). The molecule has 6 rings (SSSR count). The number of ether oxygens (including phenoxy) is 1. The van der Waals surface area contributed by atoms with Crippen LogP contribution in [-0.2, 0) is 11.2 Å². The molecule has 2 aromatic heterocycles. The van der Waals surface area contributed by atoms with Crippen LogP contribution >= 0.6 is 0 Å². The van der Waals surface area contributed by atoms with Crippen molar-refractivity contribution in [1.29, 1.82) is 0 Å². The predicted octanol–water partition coefficient (Wildman–Crippen LogP) is 4.89. The Hall–Kier alpha value is -3.78. The minimum Gasteiger partial charge on any atom is -0.378 e. The molecule has 172 valence electrons. The lowest BCUT2D eigenvalue weighted by Crippen LogP contribution is -2.36. The third-order valence-electron chi connectivity index (χ3n) is 6.42. The van der Waals surface area contributed by atoms with Gasteiger partial charge in [-0.1, -0.05) is 31.2 Å². The Balaban J connectivity index is 1.68. The summed E-state index contributed by atoms with van der Waals surface area (Å²) in [6, 6.07) is 15.3. The van der Waals surface area contributed by atoms with E-state index < -0.39 is 0 Å². The third-order valence-corrected chi connectivity index (χ3v) is 6.42. The van der Waals surface area contributed by atoms with Gasteiger partial charge in [0.25, 0.3) is 0 Å². The van der Waals surface area contributed by atoms with Gasteiger partial charge < -0.3 is 14.6 Å². The molecule has 1 aliphatic heterocycles. The molecule has 0 aliphatic carbocycles. The molecule has 5 aromatic rings. The summed E-state index contributed by atoms with van der Waals surface area (Å²) in [7, 11) is 0. The quantitative estimate of drug-likeness (QED) is 0.408. The number of aryl methyl sites for hydroxylation is 1. The Morgan fingerprint density at radius 3 is 2.68 bits per heavy atom.